The Morgan fingerprint density at radius 3 is 2.68 bits per heavy atom. The monoisotopic (exact) mass is 427 g/mol. The average Bonchev–Trinajstić information content (AvgIpc) is 3.31. The Hall–Kier alpha value is -3.61. The highest BCUT2D eigenvalue weighted by atomic mass is 16.6. The number of carboxylic acids is 1. The summed E-state index contributed by atoms with van der Waals surface area (Å²) in [5.41, 5.74) is 13.1. The summed E-state index contributed by atoms with van der Waals surface area (Å²) < 4.78 is 6.91. The predicted molar refractivity (Wildman–Crippen MR) is 107 cm³/mol. The molecule has 1 aliphatic heterocycles. The number of imidazole rings is 1. The maximum atomic E-state index is 12.6. The van der Waals surface area contributed by atoms with Gasteiger partial charge in [-0.05, 0) is 12.0 Å². The lowest BCUT2D eigenvalue weighted by molar-refractivity contribution is -0.152. The Morgan fingerprint density at radius 2 is 1.97 bits per heavy atom. The van der Waals surface area contributed by atoms with Crippen molar-refractivity contribution in [1.82, 2.24) is 24.8 Å². The number of hydrogen-bond donors (Lipinski definition) is 5. The minimum Gasteiger partial charge on any atom is -0.479 e. The molecule has 162 valence electrons. The van der Waals surface area contributed by atoms with Crippen LogP contribution < -0.4 is 16.8 Å². The number of amides is 1. The largest absolute Gasteiger partial charge is 0.479 e. The Morgan fingerprint density at radius 1 is 1.23 bits per heavy atom. The molecule has 0 unspecified atom stereocenters. The van der Waals surface area contributed by atoms with Gasteiger partial charge in [-0.15, -0.1) is 0 Å². The normalized spacial score (nSPS) is 24.2. The van der Waals surface area contributed by atoms with Gasteiger partial charge >= 0.3 is 5.97 Å². The molecule has 12 heteroatoms. The molecule has 0 radical (unpaired) electrons. The molecule has 0 bridgehead atoms. The zero-order valence-electron chi connectivity index (χ0n) is 16.2. The predicted octanol–water partition coefficient (Wildman–Crippen LogP) is -1.19. The highest BCUT2D eigenvalue weighted by molar-refractivity contribution is 5.84. The van der Waals surface area contributed by atoms with E-state index in [1.165, 1.54) is 17.2 Å². The van der Waals surface area contributed by atoms with Gasteiger partial charge in [-0.1, -0.05) is 30.3 Å². The third kappa shape index (κ3) is 3.91. The number of ether oxygens (including phenoxy) is 1. The molecule has 7 N–H and O–H groups in total. The number of hydrogen-bond acceptors (Lipinski definition) is 9. The number of aliphatic carboxylic acids is 1. The van der Waals surface area contributed by atoms with Crippen LogP contribution in [-0.4, -0.2) is 65.9 Å². The Labute approximate surface area is 175 Å². The van der Waals surface area contributed by atoms with Crippen molar-refractivity contribution in [2.24, 2.45) is 5.73 Å². The average molecular weight is 427 g/mol. The second-order valence-electron chi connectivity index (χ2n) is 7.19. The summed E-state index contributed by atoms with van der Waals surface area (Å²) >= 11 is 0. The molecule has 1 fully saturated rings. The van der Waals surface area contributed by atoms with Gasteiger partial charge in [0.2, 0.25) is 5.91 Å². The van der Waals surface area contributed by atoms with Crippen molar-refractivity contribution in [3.05, 3.63) is 48.5 Å². The molecule has 12 nitrogen and oxygen atoms in total. The third-order valence-corrected chi connectivity index (χ3v) is 5.12. The van der Waals surface area contributed by atoms with E-state index in [0.717, 1.165) is 5.56 Å². The number of aromatic nitrogens is 4. The first kappa shape index (κ1) is 20.7. The molecule has 0 saturated carbocycles. The van der Waals surface area contributed by atoms with E-state index in [4.69, 9.17) is 16.2 Å². The molecule has 0 aliphatic carbocycles. The van der Waals surface area contributed by atoms with E-state index >= 15 is 0 Å². The van der Waals surface area contributed by atoms with Gasteiger partial charge in [-0.3, -0.25) is 9.36 Å². The summed E-state index contributed by atoms with van der Waals surface area (Å²) in [7, 11) is 0. The van der Waals surface area contributed by atoms with Gasteiger partial charge in [0.05, 0.1) is 18.4 Å². The van der Waals surface area contributed by atoms with Crippen LogP contribution in [0.4, 0.5) is 5.82 Å². The maximum Gasteiger partial charge on any atom is 0.335 e. The fourth-order valence-electron chi connectivity index (χ4n) is 3.56. The van der Waals surface area contributed by atoms with Gasteiger partial charge in [0.25, 0.3) is 0 Å². The number of anilines is 1. The molecule has 3 heterocycles. The van der Waals surface area contributed by atoms with Crippen molar-refractivity contribution < 1.29 is 24.5 Å². The zero-order valence-corrected chi connectivity index (χ0v) is 16.2. The minimum absolute atomic E-state index is 0.128. The number of nitrogens with one attached hydrogen (secondary N) is 1. The van der Waals surface area contributed by atoms with Crippen molar-refractivity contribution in [2.75, 3.05) is 5.73 Å². The maximum absolute atomic E-state index is 12.6. The molecule has 5 atom stereocenters. The number of aliphatic hydroxyl groups is 1. The number of fused-ring (bicyclic) bond motifs is 1. The van der Waals surface area contributed by atoms with E-state index in [9.17, 15) is 19.8 Å². The summed E-state index contributed by atoms with van der Waals surface area (Å²) in [6.45, 7) is 0. The topological polar surface area (TPSA) is 192 Å². The fourth-order valence-corrected chi connectivity index (χ4v) is 3.56. The van der Waals surface area contributed by atoms with Crippen molar-refractivity contribution in [3.8, 4) is 0 Å². The van der Waals surface area contributed by atoms with E-state index in [2.05, 4.69) is 20.3 Å². The van der Waals surface area contributed by atoms with Gasteiger partial charge in [-0.25, -0.2) is 19.7 Å². The lowest BCUT2D eigenvalue weighted by Gasteiger charge is -2.22. The zero-order chi connectivity index (χ0) is 22.1. The first-order chi connectivity index (χ1) is 14.9. The highest BCUT2D eigenvalue weighted by Gasteiger charge is 2.49. The van der Waals surface area contributed by atoms with E-state index < -0.39 is 42.4 Å². The number of carboxylic acid groups (broad SMARTS) is 1. The second kappa shape index (κ2) is 8.26. The van der Waals surface area contributed by atoms with Crippen LogP contribution in [0.5, 0.6) is 0 Å². The minimum atomic E-state index is -1.51. The summed E-state index contributed by atoms with van der Waals surface area (Å²) in [5, 5.41) is 22.9. The number of nitrogen functional groups attached to an aromatic ring is 1. The van der Waals surface area contributed by atoms with Crippen molar-refractivity contribution >= 4 is 28.9 Å². The molecule has 1 aliphatic rings. The van der Waals surface area contributed by atoms with Gasteiger partial charge in [0, 0.05) is 0 Å². The standard InChI is InChI=1S/C19H21N7O5/c20-10(6-9-4-2-1-3-5-9)17(28)25-11-13(27)18(31-14(11)19(29)30)26-8-24-12-15(21)22-7-23-16(12)26/h1-5,7-8,10-11,13-14,18,27H,6,20H2,(H,25,28)(H,29,30)(H2,21,22,23)/t10-,11-,13+,14-,18+/m0/s1. The highest BCUT2D eigenvalue weighted by Crippen LogP contribution is 2.32. The SMILES string of the molecule is Nc1ncnc2c1ncn2[C@@H]1O[C@H](C(=O)O)[C@@H](NC(=O)[C@@H](N)Cc2ccccc2)[C@H]1O. The molecule has 1 aromatic carbocycles. The van der Waals surface area contributed by atoms with E-state index in [1.54, 1.807) is 0 Å². The number of carbonyl (C=O) groups is 2. The van der Waals surface area contributed by atoms with Crippen molar-refractivity contribution in [2.45, 2.75) is 36.9 Å². The smallest absolute Gasteiger partial charge is 0.335 e. The van der Waals surface area contributed by atoms with Crippen LogP contribution in [-0.2, 0) is 20.7 Å². The Balaban J connectivity index is 1.54. The first-order valence-electron chi connectivity index (χ1n) is 9.46. The number of nitrogens with zero attached hydrogens (tertiary/aromatic N) is 4. The number of nitrogens with two attached hydrogens (primary N) is 2. The Kier molecular flexibility index (Phi) is 5.50. The quantitative estimate of drug-likeness (QED) is 0.319. The van der Waals surface area contributed by atoms with Gasteiger partial charge in [0.15, 0.2) is 23.8 Å². The van der Waals surface area contributed by atoms with Crippen LogP contribution in [0.25, 0.3) is 11.2 Å². The molecular formula is C19H21N7O5. The third-order valence-electron chi connectivity index (χ3n) is 5.12. The van der Waals surface area contributed by atoms with Crippen LogP contribution >= 0.6 is 0 Å². The summed E-state index contributed by atoms with van der Waals surface area (Å²) in [4.78, 5) is 36.4. The van der Waals surface area contributed by atoms with Crippen LogP contribution in [0.15, 0.2) is 43.0 Å². The molecule has 31 heavy (non-hydrogen) atoms. The lowest BCUT2D eigenvalue weighted by Crippen LogP contribution is -2.54. The van der Waals surface area contributed by atoms with Crippen LogP contribution in [0.3, 0.4) is 0 Å². The van der Waals surface area contributed by atoms with Crippen LogP contribution in [0.2, 0.25) is 0 Å². The lowest BCUT2D eigenvalue weighted by atomic mass is 10.0. The Bertz CT molecular complexity index is 1110. The molecule has 1 amide bonds. The number of benzene rings is 1. The molecule has 1 saturated heterocycles. The molecule has 3 aromatic rings. The number of carbonyl (C=O) groups excluding carboxylic acids is 1. The molecule has 4 rings (SSSR count). The molecule has 0 spiro atoms. The number of aliphatic hydroxyl groups excluding tert-OH is 1. The summed E-state index contributed by atoms with van der Waals surface area (Å²) in [6, 6.07) is 6.97. The van der Waals surface area contributed by atoms with Gasteiger partial charge in [-0.2, -0.15) is 0 Å². The van der Waals surface area contributed by atoms with Crippen LogP contribution in [0, 0.1) is 0 Å². The number of rotatable bonds is 6. The summed E-state index contributed by atoms with van der Waals surface area (Å²) in [5.74, 6) is -1.82. The second-order valence-corrected chi connectivity index (χ2v) is 7.19. The first-order valence-corrected chi connectivity index (χ1v) is 9.46. The van der Waals surface area contributed by atoms with E-state index in [-0.39, 0.29) is 23.4 Å². The van der Waals surface area contributed by atoms with Crippen molar-refractivity contribution in [3.63, 3.8) is 0 Å². The van der Waals surface area contributed by atoms with Crippen molar-refractivity contribution in [1.29, 1.82) is 0 Å². The summed E-state index contributed by atoms with van der Waals surface area (Å²) in [6.07, 6.45) is -1.32. The van der Waals surface area contributed by atoms with Gasteiger partial charge < -0.3 is 31.7 Å². The van der Waals surface area contributed by atoms with E-state index in [1.807, 2.05) is 30.3 Å². The fraction of sp³-hybridized carbons (Fsp3) is 0.316. The van der Waals surface area contributed by atoms with Crippen LogP contribution in [0.1, 0.15) is 11.8 Å². The molecule has 2 aromatic heterocycles. The van der Waals surface area contributed by atoms with Gasteiger partial charge in [0.1, 0.15) is 17.9 Å². The van der Waals surface area contributed by atoms with E-state index in [0.29, 0.717) is 0 Å². The molecular weight excluding hydrogens is 406 g/mol.